The van der Waals surface area contributed by atoms with E-state index in [0.29, 0.717) is 22.0 Å². The van der Waals surface area contributed by atoms with Crippen molar-refractivity contribution >= 4 is 34.9 Å². The van der Waals surface area contributed by atoms with Crippen molar-refractivity contribution in [2.75, 3.05) is 11.5 Å². The van der Waals surface area contributed by atoms with Crippen molar-refractivity contribution in [1.82, 2.24) is 0 Å². The van der Waals surface area contributed by atoms with E-state index in [2.05, 4.69) is 0 Å². The normalized spacial score (nSPS) is 21.2. The van der Waals surface area contributed by atoms with Crippen LogP contribution in [-0.2, 0) is 9.59 Å². The second kappa shape index (κ2) is 7.99. The van der Waals surface area contributed by atoms with Crippen LogP contribution in [0.15, 0.2) is 42.5 Å². The summed E-state index contributed by atoms with van der Waals surface area (Å²) in [5.41, 5.74) is 1.93. The van der Waals surface area contributed by atoms with Gasteiger partial charge in [-0.15, -0.1) is 0 Å². The van der Waals surface area contributed by atoms with E-state index in [9.17, 15) is 14.4 Å². The first-order valence-corrected chi connectivity index (χ1v) is 10.2. The molecule has 1 heterocycles. The summed E-state index contributed by atoms with van der Waals surface area (Å²) in [6.45, 7) is 1.76. The molecule has 5 nitrogen and oxygen atoms in total. The zero-order valence-corrected chi connectivity index (χ0v) is 16.9. The van der Waals surface area contributed by atoms with Gasteiger partial charge in [-0.25, -0.2) is 4.90 Å². The van der Waals surface area contributed by atoms with E-state index in [0.717, 1.165) is 31.2 Å². The number of anilines is 1. The summed E-state index contributed by atoms with van der Waals surface area (Å²) in [4.78, 5) is 39.6. The van der Waals surface area contributed by atoms with Crippen LogP contribution in [0.3, 0.4) is 0 Å². The Kier molecular flexibility index (Phi) is 5.41. The summed E-state index contributed by atoms with van der Waals surface area (Å²) < 4.78 is 5.75. The van der Waals surface area contributed by atoms with Crippen LogP contribution < -0.4 is 9.64 Å². The van der Waals surface area contributed by atoms with Gasteiger partial charge in [0.25, 0.3) is 0 Å². The number of fused-ring (bicyclic) bond motifs is 1. The fourth-order valence-corrected chi connectivity index (χ4v) is 4.32. The van der Waals surface area contributed by atoms with Gasteiger partial charge in [0.1, 0.15) is 5.75 Å². The molecule has 0 radical (unpaired) electrons. The molecule has 0 bridgehead atoms. The summed E-state index contributed by atoms with van der Waals surface area (Å²) >= 11 is 6.15. The molecule has 1 saturated heterocycles. The molecule has 2 aliphatic rings. The molecule has 2 aromatic rings. The van der Waals surface area contributed by atoms with E-state index in [4.69, 9.17) is 16.3 Å². The van der Waals surface area contributed by atoms with Crippen LogP contribution in [0.4, 0.5) is 5.69 Å². The predicted molar refractivity (Wildman–Crippen MR) is 110 cm³/mol. The first kappa shape index (κ1) is 19.6. The molecule has 0 spiro atoms. The van der Waals surface area contributed by atoms with E-state index in [-0.39, 0.29) is 36.0 Å². The Morgan fingerprint density at radius 3 is 2.28 bits per heavy atom. The standard InChI is InChI=1S/C23H22ClNO4/c1-14-6-8-15(9-7-14)20(26)13-29-21-11-10-16(24)12-19(21)25-22(27)17-4-2-3-5-18(17)23(25)28/h6-12,17-18H,2-5,13H2,1H3. The first-order valence-electron chi connectivity index (χ1n) is 9.86. The van der Waals surface area contributed by atoms with Crippen LogP contribution >= 0.6 is 11.6 Å². The zero-order valence-electron chi connectivity index (χ0n) is 16.2. The average molecular weight is 412 g/mol. The molecule has 1 aliphatic heterocycles. The first-order chi connectivity index (χ1) is 14.0. The fourth-order valence-electron chi connectivity index (χ4n) is 4.15. The second-order valence-electron chi connectivity index (χ2n) is 7.70. The monoisotopic (exact) mass is 411 g/mol. The summed E-state index contributed by atoms with van der Waals surface area (Å²) in [6, 6.07) is 12.0. The highest BCUT2D eigenvalue weighted by Crippen LogP contribution is 2.43. The Morgan fingerprint density at radius 2 is 1.66 bits per heavy atom. The van der Waals surface area contributed by atoms with Crippen LogP contribution in [0.5, 0.6) is 5.75 Å². The van der Waals surface area contributed by atoms with Gasteiger partial charge in [0.2, 0.25) is 11.8 Å². The minimum atomic E-state index is -0.266. The smallest absolute Gasteiger partial charge is 0.237 e. The van der Waals surface area contributed by atoms with Crippen molar-refractivity contribution in [3.8, 4) is 5.75 Å². The van der Waals surface area contributed by atoms with Crippen molar-refractivity contribution < 1.29 is 19.1 Å². The Bertz CT molecular complexity index is 945. The highest BCUT2D eigenvalue weighted by molar-refractivity contribution is 6.31. The lowest BCUT2D eigenvalue weighted by atomic mass is 9.81. The molecule has 29 heavy (non-hydrogen) atoms. The lowest BCUT2D eigenvalue weighted by molar-refractivity contribution is -0.122. The summed E-state index contributed by atoms with van der Waals surface area (Å²) in [5, 5.41) is 0.396. The summed E-state index contributed by atoms with van der Waals surface area (Å²) in [7, 11) is 0. The fraction of sp³-hybridized carbons (Fsp3) is 0.348. The highest BCUT2D eigenvalue weighted by Gasteiger charge is 2.49. The van der Waals surface area contributed by atoms with Crippen molar-refractivity contribution in [2.45, 2.75) is 32.6 Å². The maximum Gasteiger partial charge on any atom is 0.237 e. The van der Waals surface area contributed by atoms with E-state index in [1.54, 1.807) is 30.3 Å². The SMILES string of the molecule is Cc1ccc(C(=O)COc2ccc(Cl)cc2N2C(=O)C3CCCCC3C2=O)cc1. The topological polar surface area (TPSA) is 63.7 Å². The third-order valence-corrected chi connectivity index (χ3v) is 5.97. The summed E-state index contributed by atoms with van der Waals surface area (Å²) in [5.74, 6) is -0.809. The van der Waals surface area contributed by atoms with Crippen molar-refractivity contribution in [3.63, 3.8) is 0 Å². The molecule has 0 aromatic heterocycles. The number of halogens is 1. The third-order valence-electron chi connectivity index (χ3n) is 5.74. The Morgan fingerprint density at radius 1 is 1.03 bits per heavy atom. The molecule has 2 unspecified atom stereocenters. The highest BCUT2D eigenvalue weighted by atomic mass is 35.5. The number of ether oxygens (including phenoxy) is 1. The van der Waals surface area contributed by atoms with Gasteiger partial charge in [-0.1, -0.05) is 54.3 Å². The quantitative estimate of drug-likeness (QED) is 0.533. The molecule has 4 rings (SSSR count). The Hall–Kier alpha value is -2.66. The van der Waals surface area contributed by atoms with Crippen LogP contribution in [-0.4, -0.2) is 24.2 Å². The van der Waals surface area contributed by atoms with Crippen LogP contribution in [0.1, 0.15) is 41.6 Å². The minimum absolute atomic E-state index is 0.182. The van der Waals surface area contributed by atoms with E-state index >= 15 is 0 Å². The Balaban J connectivity index is 1.58. The van der Waals surface area contributed by atoms with E-state index in [1.807, 2.05) is 19.1 Å². The van der Waals surface area contributed by atoms with Gasteiger partial charge in [0.05, 0.1) is 17.5 Å². The number of aryl methyl sites for hydroxylation is 1. The van der Waals surface area contributed by atoms with Gasteiger partial charge >= 0.3 is 0 Å². The molecule has 1 aliphatic carbocycles. The van der Waals surface area contributed by atoms with Crippen molar-refractivity contribution in [2.24, 2.45) is 11.8 Å². The number of nitrogens with zero attached hydrogens (tertiary/aromatic N) is 1. The number of amides is 2. The number of Topliss-reactive ketones (excluding diaryl/α,β-unsaturated/α-hetero) is 1. The second-order valence-corrected chi connectivity index (χ2v) is 8.14. The van der Waals surface area contributed by atoms with Gasteiger partial charge in [-0.3, -0.25) is 14.4 Å². The number of ketones is 1. The van der Waals surface area contributed by atoms with Gasteiger partial charge in [-0.2, -0.15) is 0 Å². The number of carbonyl (C=O) groups excluding carboxylic acids is 3. The van der Waals surface area contributed by atoms with Crippen LogP contribution in [0.25, 0.3) is 0 Å². The molecular formula is C23H22ClNO4. The van der Waals surface area contributed by atoms with Crippen LogP contribution in [0.2, 0.25) is 5.02 Å². The van der Waals surface area contributed by atoms with Crippen LogP contribution in [0, 0.1) is 18.8 Å². The number of carbonyl (C=O) groups is 3. The molecular weight excluding hydrogens is 390 g/mol. The molecule has 2 aromatic carbocycles. The largest absolute Gasteiger partial charge is 0.483 e. The van der Waals surface area contributed by atoms with Gasteiger partial charge in [-0.05, 0) is 38.0 Å². The number of hydrogen-bond acceptors (Lipinski definition) is 4. The van der Waals surface area contributed by atoms with E-state index < -0.39 is 0 Å². The predicted octanol–water partition coefficient (Wildman–Crippen LogP) is 4.59. The van der Waals surface area contributed by atoms with Gasteiger partial charge < -0.3 is 4.74 Å². The molecule has 1 saturated carbocycles. The maximum absolute atomic E-state index is 12.9. The number of rotatable bonds is 5. The zero-order chi connectivity index (χ0) is 20.5. The molecule has 2 amide bonds. The molecule has 6 heteroatoms. The maximum atomic E-state index is 12.9. The number of imide groups is 1. The molecule has 2 fully saturated rings. The third kappa shape index (κ3) is 3.79. The molecule has 150 valence electrons. The lowest BCUT2D eigenvalue weighted by Crippen LogP contribution is -2.31. The van der Waals surface area contributed by atoms with Gasteiger partial charge in [0, 0.05) is 10.6 Å². The molecule has 2 atom stereocenters. The lowest BCUT2D eigenvalue weighted by Gasteiger charge is -2.19. The van der Waals surface area contributed by atoms with E-state index in [1.165, 1.54) is 4.90 Å². The average Bonchev–Trinajstić information content (AvgIpc) is 2.98. The molecule has 0 N–H and O–H groups in total. The number of benzene rings is 2. The Labute approximate surface area is 174 Å². The minimum Gasteiger partial charge on any atom is -0.483 e. The van der Waals surface area contributed by atoms with Crippen molar-refractivity contribution in [1.29, 1.82) is 0 Å². The summed E-state index contributed by atoms with van der Waals surface area (Å²) in [6.07, 6.45) is 3.37. The van der Waals surface area contributed by atoms with Crippen molar-refractivity contribution in [3.05, 3.63) is 58.6 Å². The number of hydrogen-bond donors (Lipinski definition) is 0. The van der Waals surface area contributed by atoms with Gasteiger partial charge in [0.15, 0.2) is 12.4 Å².